The van der Waals surface area contributed by atoms with Crippen LogP contribution in [-0.4, -0.2) is 25.6 Å². The number of benzene rings is 1. The molecule has 0 saturated heterocycles. The van der Waals surface area contributed by atoms with Crippen molar-refractivity contribution in [2.45, 2.75) is 20.3 Å². The summed E-state index contributed by atoms with van der Waals surface area (Å²) in [5.74, 6) is 0. The van der Waals surface area contributed by atoms with Crippen LogP contribution in [0.2, 0.25) is 0 Å². The largest absolute Gasteiger partial charge is 0.384 e. The van der Waals surface area contributed by atoms with Crippen LogP contribution in [0, 0.1) is 6.92 Å². The predicted octanol–water partition coefficient (Wildman–Crippen LogP) is 4.02. The lowest BCUT2D eigenvalue weighted by Crippen LogP contribution is -2.10. The van der Waals surface area contributed by atoms with Gasteiger partial charge in [-0.3, -0.25) is 4.98 Å². The molecule has 0 saturated carbocycles. The molecule has 0 radical (unpaired) electrons. The van der Waals surface area contributed by atoms with Crippen molar-refractivity contribution < 1.29 is 0 Å². The van der Waals surface area contributed by atoms with Crippen LogP contribution < -0.4 is 15.5 Å². The Kier molecular flexibility index (Phi) is 5.04. The Morgan fingerprint density at radius 3 is 2.52 bits per heavy atom. The van der Waals surface area contributed by atoms with Crippen molar-refractivity contribution >= 4 is 22.7 Å². The lowest BCUT2D eigenvalue weighted by molar-refractivity contribution is 0.978. The lowest BCUT2D eigenvalue weighted by atomic mass is 10.1. The van der Waals surface area contributed by atoms with Crippen LogP contribution in [0.4, 0.5) is 22.7 Å². The number of nitrogens with one attached hydrogen (secondary N) is 2. The molecule has 2 rings (SSSR count). The van der Waals surface area contributed by atoms with E-state index in [0.717, 1.165) is 30.0 Å². The first-order valence-electron chi connectivity index (χ1n) is 7.34. The lowest BCUT2D eigenvalue weighted by Gasteiger charge is -2.17. The Labute approximate surface area is 127 Å². The summed E-state index contributed by atoms with van der Waals surface area (Å²) in [6.45, 7) is 5.23. The number of anilines is 4. The van der Waals surface area contributed by atoms with Crippen molar-refractivity contribution in [1.29, 1.82) is 0 Å². The molecule has 0 aliphatic rings. The van der Waals surface area contributed by atoms with Crippen molar-refractivity contribution in [3.63, 3.8) is 0 Å². The molecule has 1 aromatic carbocycles. The van der Waals surface area contributed by atoms with E-state index in [1.54, 1.807) is 0 Å². The van der Waals surface area contributed by atoms with Crippen molar-refractivity contribution in [2.75, 3.05) is 36.2 Å². The quantitative estimate of drug-likeness (QED) is 0.840. The first-order valence-corrected chi connectivity index (χ1v) is 7.34. The van der Waals surface area contributed by atoms with E-state index < -0.39 is 0 Å². The zero-order valence-corrected chi connectivity index (χ0v) is 13.3. The molecule has 0 bridgehead atoms. The molecule has 0 unspecified atom stereocenters. The van der Waals surface area contributed by atoms with Crippen molar-refractivity contribution in [3.8, 4) is 0 Å². The van der Waals surface area contributed by atoms with E-state index in [0.29, 0.717) is 0 Å². The Balaban J connectivity index is 2.16. The van der Waals surface area contributed by atoms with Gasteiger partial charge >= 0.3 is 0 Å². The number of aryl methyl sites for hydroxylation is 1. The second-order valence-electron chi connectivity index (χ2n) is 5.41. The van der Waals surface area contributed by atoms with Crippen LogP contribution >= 0.6 is 0 Å². The van der Waals surface area contributed by atoms with Gasteiger partial charge in [0.2, 0.25) is 0 Å². The molecular formula is C17H24N4. The molecule has 1 aromatic heterocycles. The van der Waals surface area contributed by atoms with Crippen LogP contribution in [-0.2, 0) is 0 Å². The fourth-order valence-electron chi connectivity index (χ4n) is 2.21. The predicted molar refractivity (Wildman–Crippen MR) is 91.8 cm³/mol. The fraction of sp³-hybridized carbons (Fsp3) is 0.353. The van der Waals surface area contributed by atoms with Gasteiger partial charge < -0.3 is 15.5 Å². The van der Waals surface area contributed by atoms with Gasteiger partial charge in [0.15, 0.2) is 0 Å². The SMILES string of the molecule is CCCNc1cncc(Nc2ccc(C)c(N(C)C)c2)c1. The van der Waals surface area contributed by atoms with Crippen molar-refractivity contribution in [3.05, 3.63) is 42.2 Å². The molecule has 0 amide bonds. The molecule has 2 N–H and O–H groups in total. The molecular weight excluding hydrogens is 260 g/mol. The highest BCUT2D eigenvalue weighted by Crippen LogP contribution is 2.25. The Hall–Kier alpha value is -2.23. The minimum atomic E-state index is 0.959. The van der Waals surface area contributed by atoms with Gasteiger partial charge in [-0.25, -0.2) is 0 Å². The molecule has 0 fully saturated rings. The molecule has 1 heterocycles. The van der Waals surface area contributed by atoms with E-state index in [9.17, 15) is 0 Å². The Bertz CT molecular complexity index is 593. The summed E-state index contributed by atoms with van der Waals surface area (Å²) in [4.78, 5) is 6.40. The summed E-state index contributed by atoms with van der Waals surface area (Å²) in [5.41, 5.74) is 5.58. The Morgan fingerprint density at radius 2 is 1.81 bits per heavy atom. The maximum atomic E-state index is 4.27. The van der Waals surface area contributed by atoms with E-state index in [4.69, 9.17) is 0 Å². The van der Waals surface area contributed by atoms with Gasteiger partial charge in [0.1, 0.15) is 0 Å². The zero-order valence-electron chi connectivity index (χ0n) is 13.3. The van der Waals surface area contributed by atoms with Gasteiger partial charge in [-0.15, -0.1) is 0 Å². The van der Waals surface area contributed by atoms with Crippen LogP contribution in [0.3, 0.4) is 0 Å². The first-order chi connectivity index (χ1) is 10.1. The third-order valence-corrected chi connectivity index (χ3v) is 3.30. The second-order valence-corrected chi connectivity index (χ2v) is 5.41. The minimum Gasteiger partial charge on any atom is -0.384 e. The van der Waals surface area contributed by atoms with Crippen molar-refractivity contribution in [1.82, 2.24) is 4.98 Å². The van der Waals surface area contributed by atoms with E-state index in [1.807, 2.05) is 12.4 Å². The maximum Gasteiger partial charge on any atom is 0.0591 e. The average molecular weight is 284 g/mol. The normalized spacial score (nSPS) is 10.3. The van der Waals surface area contributed by atoms with Gasteiger partial charge in [0.25, 0.3) is 0 Å². The number of rotatable bonds is 6. The minimum absolute atomic E-state index is 0.959. The van der Waals surface area contributed by atoms with Crippen molar-refractivity contribution in [2.24, 2.45) is 0 Å². The molecule has 21 heavy (non-hydrogen) atoms. The number of hydrogen-bond donors (Lipinski definition) is 2. The van der Waals surface area contributed by atoms with E-state index >= 15 is 0 Å². The number of aromatic nitrogens is 1. The number of hydrogen-bond acceptors (Lipinski definition) is 4. The summed E-state index contributed by atoms with van der Waals surface area (Å²) in [6, 6.07) is 8.46. The van der Waals surface area contributed by atoms with Crippen LogP contribution in [0.5, 0.6) is 0 Å². The first kappa shape index (κ1) is 15.2. The molecule has 0 spiro atoms. The van der Waals surface area contributed by atoms with Crippen LogP contribution in [0.25, 0.3) is 0 Å². The monoisotopic (exact) mass is 284 g/mol. The third kappa shape index (κ3) is 4.12. The summed E-state index contributed by atoms with van der Waals surface area (Å²) in [6.07, 6.45) is 4.79. The smallest absolute Gasteiger partial charge is 0.0591 e. The molecule has 0 aliphatic carbocycles. The summed E-state index contributed by atoms with van der Waals surface area (Å²) in [7, 11) is 4.12. The average Bonchev–Trinajstić information content (AvgIpc) is 2.47. The third-order valence-electron chi connectivity index (χ3n) is 3.30. The summed E-state index contributed by atoms with van der Waals surface area (Å²) in [5, 5.41) is 6.76. The maximum absolute atomic E-state index is 4.27. The molecule has 4 nitrogen and oxygen atoms in total. The number of nitrogens with zero attached hydrogens (tertiary/aromatic N) is 2. The molecule has 0 atom stereocenters. The highest BCUT2D eigenvalue weighted by Gasteiger charge is 2.03. The summed E-state index contributed by atoms with van der Waals surface area (Å²) >= 11 is 0. The second kappa shape index (κ2) is 6.97. The standard InChI is InChI=1S/C17H24N4/c1-5-8-19-15-9-16(12-18-11-15)20-14-7-6-13(2)17(10-14)21(3)4/h6-7,9-12,19-20H,5,8H2,1-4H3. The molecule has 0 aliphatic heterocycles. The van der Waals surface area contributed by atoms with E-state index in [1.165, 1.54) is 11.3 Å². The number of pyridine rings is 1. The zero-order chi connectivity index (χ0) is 15.2. The fourth-order valence-corrected chi connectivity index (χ4v) is 2.21. The summed E-state index contributed by atoms with van der Waals surface area (Å²) < 4.78 is 0. The van der Waals surface area contributed by atoms with Gasteiger partial charge in [0, 0.05) is 32.0 Å². The van der Waals surface area contributed by atoms with Gasteiger partial charge in [0.05, 0.1) is 23.8 Å². The highest BCUT2D eigenvalue weighted by atomic mass is 15.1. The molecule has 2 aromatic rings. The van der Waals surface area contributed by atoms with Gasteiger partial charge in [-0.1, -0.05) is 13.0 Å². The van der Waals surface area contributed by atoms with Gasteiger partial charge in [-0.2, -0.15) is 0 Å². The van der Waals surface area contributed by atoms with E-state index in [-0.39, 0.29) is 0 Å². The highest BCUT2D eigenvalue weighted by molar-refractivity contribution is 5.68. The van der Waals surface area contributed by atoms with Crippen LogP contribution in [0.1, 0.15) is 18.9 Å². The van der Waals surface area contributed by atoms with Gasteiger partial charge in [-0.05, 0) is 37.1 Å². The molecule has 112 valence electrons. The topological polar surface area (TPSA) is 40.2 Å². The Morgan fingerprint density at radius 1 is 1.05 bits per heavy atom. The van der Waals surface area contributed by atoms with E-state index in [2.05, 4.69) is 72.7 Å². The molecule has 4 heteroatoms. The van der Waals surface area contributed by atoms with Crippen LogP contribution in [0.15, 0.2) is 36.7 Å².